The lowest BCUT2D eigenvalue weighted by molar-refractivity contribution is 0.0997. The van der Waals surface area contributed by atoms with Crippen LogP contribution in [-0.4, -0.2) is 52.1 Å². The summed E-state index contributed by atoms with van der Waals surface area (Å²) in [6.07, 6.45) is 0.106. The zero-order valence-electron chi connectivity index (χ0n) is 11.0. The molecular weight excluding hydrogens is 258 g/mol. The number of nitrogens with two attached hydrogens (primary N) is 1. The summed E-state index contributed by atoms with van der Waals surface area (Å²) in [6, 6.07) is 7.71. The topological polar surface area (TPSA) is 86.9 Å². The molecule has 2 bridgehead atoms. The van der Waals surface area contributed by atoms with Crippen molar-refractivity contribution in [3.63, 3.8) is 0 Å². The van der Waals surface area contributed by atoms with Gasteiger partial charge in [0.05, 0.1) is 0 Å². The maximum atomic E-state index is 11.0. The van der Waals surface area contributed by atoms with Gasteiger partial charge in [0.1, 0.15) is 0 Å². The van der Waals surface area contributed by atoms with E-state index in [-0.39, 0.29) is 6.04 Å². The normalized spacial score (nSPS) is 25.1. The summed E-state index contributed by atoms with van der Waals surface area (Å²) in [4.78, 5) is 25.9. The second-order valence-corrected chi connectivity index (χ2v) is 5.47. The number of carbonyl (C=O) groups is 2. The Bertz CT molecular complexity index is 543. The maximum absolute atomic E-state index is 11.0. The van der Waals surface area contributed by atoms with Crippen LogP contribution in [0.1, 0.15) is 22.3 Å². The smallest absolute Gasteiger partial charge is 0.407 e. The number of primary amides is 1. The summed E-state index contributed by atoms with van der Waals surface area (Å²) in [5, 5.41) is 9.06. The predicted molar refractivity (Wildman–Crippen MR) is 72.3 cm³/mol. The fraction of sp³-hybridized carbons (Fsp3) is 0.429. The Morgan fingerprint density at radius 1 is 1.20 bits per heavy atom. The van der Waals surface area contributed by atoms with Gasteiger partial charge in [0.2, 0.25) is 5.91 Å². The van der Waals surface area contributed by atoms with Gasteiger partial charge in [0.15, 0.2) is 0 Å². The van der Waals surface area contributed by atoms with Crippen molar-refractivity contribution in [1.29, 1.82) is 0 Å². The number of benzene rings is 1. The number of hydrogen-bond donors (Lipinski definition) is 2. The molecule has 2 amide bonds. The second kappa shape index (κ2) is 4.79. The summed E-state index contributed by atoms with van der Waals surface area (Å²) in [7, 11) is 0. The van der Waals surface area contributed by atoms with Crippen LogP contribution in [-0.2, 0) is 6.54 Å². The van der Waals surface area contributed by atoms with Crippen LogP contribution >= 0.6 is 0 Å². The quantitative estimate of drug-likeness (QED) is 0.851. The van der Waals surface area contributed by atoms with Crippen LogP contribution in [0.4, 0.5) is 4.79 Å². The van der Waals surface area contributed by atoms with E-state index in [1.165, 1.54) is 4.90 Å². The zero-order chi connectivity index (χ0) is 14.3. The van der Waals surface area contributed by atoms with Crippen molar-refractivity contribution in [1.82, 2.24) is 9.80 Å². The summed E-state index contributed by atoms with van der Waals surface area (Å²) >= 11 is 0. The highest BCUT2D eigenvalue weighted by Crippen LogP contribution is 2.31. The summed E-state index contributed by atoms with van der Waals surface area (Å²) < 4.78 is 0. The number of likely N-dealkylation sites (tertiary alicyclic amines) is 2. The number of carboxylic acid groups (broad SMARTS) is 1. The molecule has 0 spiro atoms. The Labute approximate surface area is 116 Å². The van der Waals surface area contributed by atoms with Gasteiger partial charge in [-0.1, -0.05) is 12.1 Å². The molecule has 106 valence electrons. The minimum Gasteiger partial charge on any atom is -0.465 e. The Hall–Kier alpha value is -2.08. The lowest BCUT2D eigenvalue weighted by Crippen LogP contribution is -2.47. The number of nitrogens with zero attached hydrogens (tertiary/aromatic N) is 2. The third-order valence-corrected chi connectivity index (χ3v) is 4.22. The number of carbonyl (C=O) groups excluding carboxylic acids is 1. The van der Waals surface area contributed by atoms with E-state index in [1.54, 1.807) is 12.1 Å². The fourth-order valence-corrected chi connectivity index (χ4v) is 3.19. The van der Waals surface area contributed by atoms with Crippen LogP contribution < -0.4 is 5.73 Å². The van der Waals surface area contributed by atoms with Gasteiger partial charge < -0.3 is 15.7 Å². The highest BCUT2D eigenvalue weighted by Gasteiger charge is 2.45. The lowest BCUT2D eigenvalue weighted by atomic mass is 10.1. The van der Waals surface area contributed by atoms with Crippen LogP contribution in [0.2, 0.25) is 0 Å². The SMILES string of the molecule is NC(=O)c1ccc(CN2CC3CC2CN3C(=O)O)cc1. The number of amides is 2. The maximum Gasteiger partial charge on any atom is 0.407 e. The van der Waals surface area contributed by atoms with Crippen LogP contribution in [0, 0.1) is 0 Å². The van der Waals surface area contributed by atoms with Gasteiger partial charge in [-0.3, -0.25) is 9.69 Å². The molecule has 2 aliphatic rings. The second-order valence-electron chi connectivity index (χ2n) is 5.47. The summed E-state index contributed by atoms with van der Waals surface area (Å²) in [5.74, 6) is -0.422. The molecule has 1 aromatic rings. The molecule has 6 heteroatoms. The molecule has 1 aromatic carbocycles. The van der Waals surface area contributed by atoms with Crippen LogP contribution in [0.5, 0.6) is 0 Å². The third-order valence-electron chi connectivity index (χ3n) is 4.22. The molecule has 2 atom stereocenters. The predicted octanol–water partition coefficient (Wildman–Crippen LogP) is 0.722. The average Bonchev–Trinajstić information content (AvgIpc) is 2.99. The van der Waals surface area contributed by atoms with Gasteiger partial charge in [0.25, 0.3) is 0 Å². The molecule has 3 N–H and O–H groups in total. The third kappa shape index (κ3) is 2.22. The van der Waals surface area contributed by atoms with E-state index in [2.05, 4.69) is 4.90 Å². The summed E-state index contributed by atoms with van der Waals surface area (Å²) in [6.45, 7) is 2.17. The van der Waals surface area contributed by atoms with E-state index in [0.717, 1.165) is 25.1 Å². The summed E-state index contributed by atoms with van der Waals surface area (Å²) in [5.41, 5.74) is 6.83. The number of piperazine rings is 1. The Morgan fingerprint density at radius 3 is 2.40 bits per heavy atom. The first-order valence-corrected chi connectivity index (χ1v) is 6.67. The first-order valence-electron chi connectivity index (χ1n) is 6.67. The number of rotatable bonds is 3. The van der Waals surface area contributed by atoms with E-state index in [0.29, 0.717) is 18.2 Å². The van der Waals surface area contributed by atoms with Crippen LogP contribution in [0.15, 0.2) is 24.3 Å². The van der Waals surface area contributed by atoms with E-state index in [4.69, 9.17) is 10.8 Å². The largest absolute Gasteiger partial charge is 0.465 e. The Kier molecular flexibility index (Phi) is 3.10. The van der Waals surface area contributed by atoms with E-state index >= 15 is 0 Å². The molecule has 2 fully saturated rings. The highest BCUT2D eigenvalue weighted by atomic mass is 16.4. The van der Waals surface area contributed by atoms with Gasteiger partial charge in [-0.05, 0) is 24.1 Å². The molecule has 2 heterocycles. The molecule has 0 aliphatic carbocycles. The number of fused-ring (bicyclic) bond motifs is 2. The molecule has 2 aliphatic heterocycles. The number of hydrogen-bond acceptors (Lipinski definition) is 3. The van der Waals surface area contributed by atoms with Gasteiger partial charge >= 0.3 is 6.09 Å². The standard InChI is InChI=1S/C14H17N3O3/c15-13(18)10-3-1-9(2-4-10)6-16-7-12-5-11(16)8-17(12)14(19)20/h1-4,11-12H,5-8H2,(H2,15,18)(H,19,20). The monoisotopic (exact) mass is 275 g/mol. The van der Waals surface area contributed by atoms with Gasteiger partial charge in [-0.15, -0.1) is 0 Å². The molecule has 3 rings (SSSR count). The van der Waals surface area contributed by atoms with Crippen molar-refractivity contribution in [2.24, 2.45) is 5.73 Å². The molecular formula is C14H17N3O3. The minimum absolute atomic E-state index is 0.127. The van der Waals surface area contributed by atoms with Gasteiger partial charge in [0, 0.05) is 37.3 Å². The van der Waals surface area contributed by atoms with Gasteiger partial charge in [-0.25, -0.2) is 4.79 Å². The molecule has 2 saturated heterocycles. The van der Waals surface area contributed by atoms with Crippen LogP contribution in [0.3, 0.4) is 0 Å². The first-order chi connectivity index (χ1) is 9.54. The molecule has 0 saturated carbocycles. The zero-order valence-corrected chi connectivity index (χ0v) is 11.0. The Morgan fingerprint density at radius 2 is 1.90 bits per heavy atom. The molecule has 6 nitrogen and oxygen atoms in total. The lowest BCUT2D eigenvalue weighted by Gasteiger charge is -2.32. The molecule has 20 heavy (non-hydrogen) atoms. The molecule has 0 radical (unpaired) electrons. The van der Waals surface area contributed by atoms with Crippen molar-refractivity contribution >= 4 is 12.0 Å². The van der Waals surface area contributed by atoms with E-state index in [1.807, 2.05) is 12.1 Å². The van der Waals surface area contributed by atoms with Gasteiger partial charge in [-0.2, -0.15) is 0 Å². The first kappa shape index (κ1) is 12.9. The average molecular weight is 275 g/mol. The van der Waals surface area contributed by atoms with Crippen molar-refractivity contribution in [3.05, 3.63) is 35.4 Å². The highest BCUT2D eigenvalue weighted by molar-refractivity contribution is 5.92. The van der Waals surface area contributed by atoms with Crippen molar-refractivity contribution in [2.45, 2.75) is 25.0 Å². The molecule has 0 aromatic heterocycles. The van der Waals surface area contributed by atoms with Crippen molar-refractivity contribution in [3.8, 4) is 0 Å². The van der Waals surface area contributed by atoms with Crippen molar-refractivity contribution < 1.29 is 14.7 Å². The minimum atomic E-state index is -0.817. The fourth-order valence-electron chi connectivity index (χ4n) is 3.19. The van der Waals surface area contributed by atoms with Crippen molar-refractivity contribution in [2.75, 3.05) is 13.1 Å². The van der Waals surface area contributed by atoms with Crippen LogP contribution in [0.25, 0.3) is 0 Å². The van der Waals surface area contributed by atoms with E-state index in [9.17, 15) is 9.59 Å². The molecule has 2 unspecified atom stereocenters. The van der Waals surface area contributed by atoms with E-state index < -0.39 is 12.0 Å². The Balaban J connectivity index is 1.63.